The minimum atomic E-state index is -3.26. The lowest BCUT2D eigenvalue weighted by atomic mass is 9.89. The van der Waals surface area contributed by atoms with Crippen molar-refractivity contribution in [3.63, 3.8) is 0 Å². The van der Waals surface area contributed by atoms with Crippen molar-refractivity contribution in [3.8, 4) is 17.5 Å². The number of rotatable bonds is 5. The SMILES string of the molecule is N#CCC1(n2cc(-c3nccc4nc(N)nn34)cn2)CN(S(=O)(=O)C2CC2)C1. The van der Waals surface area contributed by atoms with Crippen molar-refractivity contribution in [3.05, 3.63) is 24.7 Å². The van der Waals surface area contributed by atoms with Crippen LogP contribution < -0.4 is 5.73 Å². The number of anilines is 1. The molecule has 1 aliphatic carbocycles. The van der Waals surface area contributed by atoms with Crippen molar-refractivity contribution < 1.29 is 8.42 Å². The smallest absolute Gasteiger partial charge is 0.240 e. The number of nitrogens with two attached hydrogens (primary N) is 1. The van der Waals surface area contributed by atoms with Gasteiger partial charge in [0.2, 0.25) is 16.0 Å². The third kappa shape index (κ3) is 2.47. The van der Waals surface area contributed by atoms with Crippen molar-refractivity contribution in [2.75, 3.05) is 18.8 Å². The van der Waals surface area contributed by atoms with Crippen LogP contribution in [-0.4, -0.2) is 60.4 Å². The molecule has 1 saturated heterocycles. The third-order valence-corrected chi connectivity index (χ3v) is 7.54. The summed E-state index contributed by atoms with van der Waals surface area (Å²) < 4.78 is 29.6. The van der Waals surface area contributed by atoms with Crippen LogP contribution in [0.2, 0.25) is 0 Å². The topological polar surface area (TPSA) is 148 Å². The van der Waals surface area contributed by atoms with E-state index in [9.17, 15) is 13.7 Å². The van der Waals surface area contributed by atoms with Crippen LogP contribution in [0, 0.1) is 11.3 Å². The van der Waals surface area contributed by atoms with E-state index in [1.807, 2.05) is 0 Å². The summed E-state index contributed by atoms with van der Waals surface area (Å²) in [6.07, 6.45) is 6.58. The number of nitrogen functional groups attached to an aromatic ring is 1. The quantitative estimate of drug-likeness (QED) is 0.629. The molecule has 2 aliphatic rings. The molecule has 4 heterocycles. The Balaban J connectivity index is 1.48. The highest BCUT2D eigenvalue weighted by Gasteiger charge is 2.53. The summed E-state index contributed by atoms with van der Waals surface area (Å²) in [5.74, 6) is 0.657. The van der Waals surface area contributed by atoms with Gasteiger partial charge >= 0.3 is 0 Å². The van der Waals surface area contributed by atoms with Gasteiger partial charge in [0.25, 0.3) is 0 Å². The highest BCUT2D eigenvalue weighted by molar-refractivity contribution is 7.90. The van der Waals surface area contributed by atoms with E-state index >= 15 is 0 Å². The third-order valence-electron chi connectivity index (χ3n) is 5.25. The summed E-state index contributed by atoms with van der Waals surface area (Å²) in [5.41, 5.74) is 6.24. The fraction of sp³-hybridized carbons (Fsp3) is 0.438. The number of hydrogen-bond donors (Lipinski definition) is 1. The second-order valence-corrected chi connectivity index (χ2v) is 9.47. The van der Waals surface area contributed by atoms with Crippen molar-refractivity contribution in [2.24, 2.45) is 0 Å². The molecule has 0 amide bonds. The summed E-state index contributed by atoms with van der Waals surface area (Å²) in [5, 5.41) is 17.6. The van der Waals surface area contributed by atoms with E-state index < -0.39 is 15.6 Å². The van der Waals surface area contributed by atoms with Crippen molar-refractivity contribution in [1.82, 2.24) is 33.7 Å². The molecule has 3 aromatic heterocycles. The van der Waals surface area contributed by atoms with Crippen LogP contribution in [0.15, 0.2) is 24.7 Å². The highest BCUT2D eigenvalue weighted by Crippen LogP contribution is 2.40. The van der Waals surface area contributed by atoms with Crippen LogP contribution in [-0.2, 0) is 15.6 Å². The van der Waals surface area contributed by atoms with E-state index in [1.54, 1.807) is 29.3 Å². The van der Waals surface area contributed by atoms with Crippen LogP contribution in [0.25, 0.3) is 17.0 Å². The first kappa shape index (κ1) is 17.1. The predicted molar refractivity (Wildman–Crippen MR) is 98.1 cm³/mol. The van der Waals surface area contributed by atoms with Crippen LogP contribution >= 0.6 is 0 Å². The van der Waals surface area contributed by atoms with Gasteiger partial charge in [0, 0.05) is 31.5 Å². The number of hydrogen-bond acceptors (Lipinski definition) is 8. The molecule has 144 valence electrons. The van der Waals surface area contributed by atoms with Gasteiger partial charge in [0.15, 0.2) is 11.5 Å². The minimum Gasteiger partial charge on any atom is -0.366 e. The van der Waals surface area contributed by atoms with Gasteiger partial charge < -0.3 is 5.73 Å². The Morgan fingerprint density at radius 1 is 1.36 bits per heavy atom. The van der Waals surface area contributed by atoms with Crippen LogP contribution in [0.5, 0.6) is 0 Å². The molecule has 1 aliphatic heterocycles. The zero-order valence-corrected chi connectivity index (χ0v) is 15.6. The molecule has 0 aromatic carbocycles. The van der Waals surface area contributed by atoms with Crippen LogP contribution in [0.4, 0.5) is 5.95 Å². The molecule has 2 N–H and O–H groups in total. The van der Waals surface area contributed by atoms with E-state index in [1.165, 1.54) is 8.82 Å². The molecule has 0 radical (unpaired) electrons. The average molecular weight is 399 g/mol. The van der Waals surface area contributed by atoms with E-state index in [0.717, 1.165) is 0 Å². The molecule has 11 nitrogen and oxygen atoms in total. The molecule has 0 unspecified atom stereocenters. The van der Waals surface area contributed by atoms with Crippen LogP contribution in [0.3, 0.4) is 0 Å². The summed E-state index contributed by atoms with van der Waals surface area (Å²) >= 11 is 0. The molecule has 2 fully saturated rings. The lowest BCUT2D eigenvalue weighted by Gasteiger charge is -2.48. The van der Waals surface area contributed by atoms with Gasteiger partial charge in [-0.05, 0) is 12.8 Å². The van der Waals surface area contributed by atoms with Crippen LogP contribution in [0.1, 0.15) is 19.3 Å². The standard InChI is InChI=1S/C16H17N9O2S/c17-5-4-16(9-23(10-16)28(26,27)12-1-2-12)24-8-11(7-20-24)14-19-6-3-13-21-15(18)22-25(13)14/h3,6-8,12H,1-2,4,9-10H2,(H2,18,22). The summed E-state index contributed by atoms with van der Waals surface area (Å²) in [4.78, 5) is 8.46. The van der Waals surface area contributed by atoms with Gasteiger partial charge in [0.1, 0.15) is 5.54 Å². The summed E-state index contributed by atoms with van der Waals surface area (Å²) in [6, 6.07) is 3.86. The minimum absolute atomic E-state index is 0.141. The molecule has 12 heteroatoms. The number of sulfonamides is 1. The number of nitriles is 1. The fourth-order valence-corrected chi connectivity index (χ4v) is 5.57. The monoisotopic (exact) mass is 399 g/mol. The summed E-state index contributed by atoms with van der Waals surface area (Å²) in [7, 11) is -3.26. The maximum atomic E-state index is 12.4. The fourth-order valence-electron chi connectivity index (χ4n) is 3.58. The molecular weight excluding hydrogens is 382 g/mol. The van der Waals surface area contributed by atoms with E-state index in [-0.39, 0.29) is 30.7 Å². The first-order valence-electron chi connectivity index (χ1n) is 8.82. The Bertz CT molecular complexity index is 1210. The second kappa shape index (κ2) is 5.73. The van der Waals surface area contributed by atoms with Crippen molar-refractivity contribution in [1.29, 1.82) is 5.26 Å². The highest BCUT2D eigenvalue weighted by atomic mass is 32.2. The molecule has 28 heavy (non-hydrogen) atoms. The van der Waals surface area contributed by atoms with E-state index in [0.29, 0.717) is 29.9 Å². The normalized spacial score (nSPS) is 19.4. The first-order valence-corrected chi connectivity index (χ1v) is 10.3. The molecule has 0 atom stereocenters. The van der Waals surface area contributed by atoms with E-state index in [2.05, 4.69) is 26.2 Å². The van der Waals surface area contributed by atoms with Gasteiger partial charge in [-0.3, -0.25) is 4.68 Å². The second-order valence-electron chi connectivity index (χ2n) is 7.25. The maximum Gasteiger partial charge on any atom is 0.240 e. The Morgan fingerprint density at radius 2 is 2.14 bits per heavy atom. The van der Waals surface area contributed by atoms with Crippen molar-refractivity contribution in [2.45, 2.75) is 30.1 Å². The number of aromatic nitrogens is 6. The molecule has 0 spiro atoms. The predicted octanol–water partition coefficient (Wildman–Crippen LogP) is -0.0132. The van der Waals surface area contributed by atoms with Gasteiger partial charge in [-0.25, -0.2) is 13.4 Å². The van der Waals surface area contributed by atoms with Gasteiger partial charge in [0.05, 0.1) is 29.5 Å². The maximum absolute atomic E-state index is 12.4. The van der Waals surface area contributed by atoms with E-state index in [4.69, 9.17) is 5.73 Å². The molecule has 0 bridgehead atoms. The largest absolute Gasteiger partial charge is 0.366 e. The number of fused-ring (bicyclic) bond motifs is 1. The zero-order chi connectivity index (χ0) is 19.5. The Morgan fingerprint density at radius 3 is 2.86 bits per heavy atom. The molecule has 1 saturated carbocycles. The van der Waals surface area contributed by atoms with Crippen molar-refractivity contribution >= 4 is 21.6 Å². The van der Waals surface area contributed by atoms with Gasteiger partial charge in [-0.15, -0.1) is 5.10 Å². The molecule has 3 aromatic rings. The lowest BCUT2D eigenvalue weighted by Crippen LogP contribution is -2.64. The van der Waals surface area contributed by atoms with Gasteiger partial charge in [-0.2, -0.15) is 24.2 Å². The molecule has 5 rings (SSSR count). The Kier molecular flexibility index (Phi) is 3.49. The number of nitrogens with zero attached hydrogens (tertiary/aromatic N) is 8. The molecular formula is C16H17N9O2S. The van der Waals surface area contributed by atoms with Gasteiger partial charge in [-0.1, -0.05) is 0 Å². The zero-order valence-electron chi connectivity index (χ0n) is 14.8. The summed E-state index contributed by atoms with van der Waals surface area (Å²) in [6.45, 7) is 0.489. The average Bonchev–Trinajstić information content (AvgIpc) is 3.26. The first-order chi connectivity index (χ1) is 13.4. The Hall–Kier alpha value is -3.04. The Labute approximate surface area is 160 Å². The lowest BCUT2D eigenvalue weighted by molar-refractivity contribution is 0.0716.